The molecule has 0 bridgehead atoms. The maximum Gasteiger partial charge on any atom is 0.115 e. The van der Waals surface area contributed by atoms with Crippen LogP contribution in [0.25, 0.3) is 5.76 Å². The largest absolute Gasteiger partial charge is 0.508 e. The Hall–Kier alpha value is -2.42. The molecule has 0 spiro atoms. The highest BCUT2D eigenvalue weighted by Crippen LogP contribution is 2.21. The Morgan fingerprint density at radius 2 is 2.09 bits per heavy atom. The van der Waals surface area contributed by atoms with Crippen molar-refractivity contribution in [1.29, 1.82) is 0 Å². The molecule has 3 nitrogen and oxygen atoms in total. The van der Waals surface area contributed by atoms with E-state index < -0.39 is 0 Å². The zero-order valence-corrected chi connectivity index (χ0v) is 13.8. The van der Waals surface area contributed by atoms with Gasteiger partial charge in [-0.3, -0.25) is 0 Å². The molecule has 0 aliphatic carbocycles. The summed E-state index contributed by atoms with van der Waals surface area (Å²) in [6.07, 6.45) is 10.3. The van der Waals surface area contributed by atoms with E-state index in [1.54, 1.807) is 0 Å². The van der Waals surface area contributed by atoms with Crippen molar-refractivity contribution in [3.63, 3.8) is 0 Å². The molecule has 2 rings (SSSR count). The van der Waals surface area contributed by atoms with Crippen LogP contribution in [-0.2, 0) is 0 Å². The molecule has 1 heterocycles. The SMILES string of the molecule is C=C/C(=C\C=C/C)N1CCC(Nc2cccc(C(=C)O)c2)CC1. The average Bonchev–Trinajstić information content (AvgIpc) is 2.57. The zero-order chi connectivity index (χ0) is 16.7. The van der Waals surface area contributed by atoms with Crippen molar-refractivity contribution in [3.8, 4) is 0 Å². The minimum absolute atomic E-state index is 0.105. The molecule has 1 fully saturated rings. The fraction of sp³-hybridized carbons (Fsp3) is 0.300. The molecule has 0 amide bonds. The average molecular weight is 310 g/mol. The van der Waals surface area contributed by atoms with E-state index in [9.17, 15) is 5.11 Å². The summed E-state index contributed by atoms with van der Waals surface area (Å²) in [5.41, 5.74) is 2.97. The Balaban J connectivity index is 1.93. The number of benzene rings is 1. The molecule has 0 aromatic heterocycles. The van der Waals surface area contributed by atoms with E-state index in [0.717, 1.165) is 37.2 Å². The predicted octanol–water partition coefficient (Wildman–Crippen LogP) is 4.74. The molecule has 1 aromatic carbocycles. The Kier molecular flexibility index (Phi) is 6.10. The van der Waals surface area contributed by atoms with Gasteiger partial charge in [-0.25, -0.2) is 0 Å². The van der Waals surface area contributed by atoms with Gasteiger partial charge in [0, 0.05) is 36.1 Å². The van der Waals surface area contributed by atoms with Crippen LogP contribution in [0.3, 0.4) is 0 Å². The van der Waals surface area contributed by atoms with E-state index in [-0.39, 0.29) is 5.76 Å². The third-order valence-electron chi connectivity index (χ3n) is 4.10. The highest BCUT2D eigenvalue weighted by atomic mass is 16.3. The van der Waals surface area contributed by atoms with E-state index in [0.29, 0.717) is 6.04 Å². The zero-order valence-electron chi connectivity index (χ0n) is 13.8. The van der Waals surface area contributed by atoms with Gasteiger partial charge in [-0.1, -0.05) is 37.4 Å². The summed E-state index contributed by atoms with van der Waals surface area (Å²) in [6, 6.07) is 8.21. The summed E-state index contributed by atoms with van der Waals surface area (Å²) in [4.78, 5) is 2.37. The van der Waals surface area contributed by atoms with Gasteiger partial charge < -0.3 is 15.3 Å². The quantitative estimate of drug-likeness (QED) is 0.588. The number of nitrogens with zero attached hydrogens (tertiary/aromatic N) is 1. The van der Waals surface area contributed by atoms with Crippen molar-refractivity contribution in [1.82, 2.24) is 4.90 Å². The number of aliphatic hydroxyl groups is 1. The molecular formula is C20H26N2O. The van der Waals surface area contributed by atoms with Crippen LogP contribution in [0.15, 0.2) is 67.4 Å². The van der Waals surface area contributed by atoms with Crippen molar-refractivity contribution in [2.75, 3.05) is 18.4 Å². The van der Waals surface area contributed by atoms with Crippen LogP contribution in [0.2, 0.25) is 0 Å². The van der Waals surface area contributed by atoms with Crippen molar-refractivity contribution >= 4 is 11.4 Å². The number of hydrogen-bond acceptors (Lipinski definition) is 3. The molecule has 122 valence electrons. The van der Waals surface area contributed by atoms with Gasteiger partial charge in [-0.15, -0.1) is 0 Å². The molecule has 1 saturated heterocycles. The summed E-state index contributed by atoms with van der Waals surface area (Å²) in [6.45, 7) is 11.5. The van der Waals surface area contributed by atoms with E-state index in [4.69, 9.17) is 0 Å². The van der Waals surface area contributed by atoms with Gasteiger partial charge >= 0.3 is 0 Å². The maximum atomic E-state index is 9.50. The Bertz CT molecular complexity index is 608. The third kappa shape index (κ3) is 4.78. The van der Waals surface area contributed by atoms with Gasteiger partial charge in [0.25, 0.3) is 0 Å². The summed E-state index contributed by atoms with van der Waals surface area (Å²) in [7, 11) is 0. The molecule has 1 aliphatic rings. The highest BCUT2D eigenvalue weighted by Gasteiger charge is 2.19. The number of allylic oxidation sites excluding steroid dienone is 4. The first-order valence-electron chi connectivity index (χ1n) is 8.09. The number of likely N-dealkylation sites (tertiary alicyclic amines) is 1. The van der Waals surface area contributed by atoms with E-state index in [2.05, 4.69) is 35.5 Å². The van der Waals surface area contributed by atoms with Crippen molar-refractivity contribution < 1.29 is 5.11 Å². The van der Waals surface area contributed by atoms with Crippen LogP contribution < -0.4 is 5.32 Å². The highest BCUT2D eigenvalue weighted by molar-refractivity contribution is 5.61. The number of rotatable bonds is 6. The molecule has 3 heteroatoms. The smallest absolute Gasteiger partial charge is 0.115 e. The monoisotopic (exact) mass is 310 g/mol. The molecular weight excluding hydrogens is 284 g/mol. The summed E-state index contributed by atoms with van der Waals surface area (Å²) < 4.78 is 0. The van der Waals surface area contributed by atoms with Crippen LogP contribution >= 0.6 is 0 Å². The number of anilines is 1. The number of piperidine rings is 1. The van der Waals surface area contributed by atoms with Crippen LogP contribution in [0.5, 0.6) is 0 Å². The Morgan fingerprint density at radius 1 is 1.35 bits per heavy atom. The van der Waals surface area contributed by atoms with Gasteiger partial charge in [-0.05, 0) is 44.1 Å². The van der Waals surface area contributed by atoms with E-state index in [1.807, 2.05) is 43.3 Å². The van der Waals surface area contributed by atoms with Crippen molar-refractivity contribution in [3.05, 3.63) is 73.0 Å². The number of aliphatic hydroxyl groups excluding tert-OH is 1. The Morgan fingerprint density at radius 3 is 2.70 bits per heavy atom. The first-order chi connectivity index (χ1) is 11.1. The third-order valence-corrected chi connectivity index (χ3v) is 4.10. The molecule has 2 N–H and O–H groups in total. The molecule has 0 saturated carbocycles. The predicted molar refractivity (Wildman–Crippen MR) is 99.4 cm³/mol. The lowest BCUT2D eigenvalue weighted by Crippen LogP contribution is -2.38. The van der Waals surface area contributed by atoms with Gasteiger partial charge in [0.15, 0.2) is 0 Å². The van der Waals surface area contributed by atoms with Gasteiger partial charge in [0.05, 0.1) is 0 Å². The van der Waals surface area contributed by atoms with Crippen LogP contribution in [-0.4, -0.2) is 29.1 Å². The molecule has 1 aliphatic heterocycles. The second kappa shape index (κ2) is 8.28. The topological polar surface area (TPSA) is 35.5 Å². The normalized spacial score (nSPS) is 16.6. The second-order valence-corrected chi connectivity index (χ2v) is 5.75. The fourth-order valence-corrected chi connectivity index (χ4v) is 2.80. The fourth-order valence-electron chi connectivity index (χ4n) is 2.80. The lowest BCUT2D eigenvalue weighted by molar-refractivity contribution is 0.279. The molecule has 0 unspecified atom stereocenters. The van der Waals surface area contributed by atoms with Gasteiger partial charge in [0.2, 0.25) is 0 Å². The van der Waals surface area contributed by atoms with Crippen LogP contribution in [0.4, 0.5) is 5.69 Å². The summed E-state index contributed by atoms with van der Waals surface area (Å²) >= 11 is 0. The van der Waals surface area contributed by atoms with Gasteiger partial charge in [0.1, 0.15) is 5.76 Å². The molecule has 23 heavy (non-hydrogen) atoms. The molecule has 0 atom stereocenters. The minimum Gasteiger partial charge on any atom is -0.508 e. The second-order valence-electron chi connectivity index (χ2n) is 5.75. The lowest BCUT2D eigenvalue weighted by Gasteiger charge is -2.35. The standard InChI is InChI=1S/C20H26N2O/c1-4-6-10-20(5-2)22-13-11-18(12-14-22)21-19-9-7-8-17(15-19)16(3)23/h4-10,15,18,21,23H,2-3,11-14H2,1H3/b6-4-,20-10+. The van der Waals surface area contributed by atoms with Crippen LogP contribution in [0.1, 0.15) is 25.3 Å². The Labute approximate surface area is 139 Å². The van der Waals surface area contributed by atoms with Crippen molar-refractivity contribution in [2.24, 2.45) is 0 Å². The van der Waals surface area contributed by atoms with Crippen molar-refractivity contribution in [2.45, 2.75) is 25.8 Å². The molecule has 1 aromatic rings. The minimum atomic E-state index is 0.105. The van der Waals surface area contributed by atoms with E-state index >= 15 is 0 Å². The number of nitrogens with one attached hydrogen (secondary N) is 1. The maximum absolute atomic E-state index is 9.50. The number of hydrogen-bond donors (Lipinski definition) is 2. The first kappa shape index (κ1) is 16.9. The van der Waals surface area contributed by atoms with E-state index in [1.165, 1.54) is 5.70 Å². The molecule has 0 radical (unpaired) electrons. The summed E-state index contributed by atoms with van der Waals surface area (Å²) in [5, 5.41) is 13.1. The summed E-state index contributed by atoms with van der Waals surface area (Å²) in [5.74, 6) is 0.105. The lowest BCUT2D eigenvalue weighted by atomic mass is 10.0. The van der Waals surface area contributed by atoms with Gasteiger partial charge in [-0.2, -0.15) is 0 Å². The first-order valence-corrected chi connectivity index (χ1v) is 8.09. The van der Waals surface area contributed by atoms with Crippen LogP contribution in [0, 0.1) is 0 Å².